The second-order valence-corrected chi connectivity index (χ2v) is 10.3. The average Bonchev–Trinajstić information content (AvgIpc) is 3.06. The number of unbranched alkanes of at least 4 members (excludes halogenated alkanes) is 1. The van der Waals surface area contributed by atoms with Gasteiger partial charge in [0.25, 0.3) is 0 Å². The smallest absolute Gasteiger partial charge is 0.338 e. The summed E-state index contributed by atoms with van der Waals surface area (Å²) in [7, 11) is 0. The van der Waals surface area contributed by atoms with E-state index in [1.165, 1.54) is 24.3 Å². The maximum absolute atomic E-state index is 13.3. The van der Waals surface area contributed by atoms with Gasteiger partial charge in [-0.1, -0.05) is 54.6 Å². The van der Waals surface area contributed by atoms with Crippen molar-refractivity contribution < 1.29 is 57.5 Å². The summed E-state index contributed by atoms with van der Waals surface area (Å²) in [6.07, 6.45) is -6.48. The van der Waals surface area contributed by atoms with Gasteiger partial charge in [-0.15, -0.1) is 0 Å². The molecule has 0 spiro atoms. The highest BCUT2D eigenvalue weighted by molar-refractivity contribution is 5.91. The van der Waals surface area contributed by atoms with Crippen LogP contribution in [0.5, 0.6) is 0 Å². The predicted octanol–water partition coefficient (Wildman–Crippen LogP) is 4.22. The maximum atomic E-state index is 13.3. The second-order valence-electron chi connectivity index (χ2n) is 10.3. The van der Waals surface area contributed by atoms with Crippen molar-refractivity contribution in [2.24, 2.45) is 0 Å². The summed E-state index contributed by atoms with van der Waals surface area (Å²) in [6, 6.07) is 24.2. The van der Waals surface area contributed by atoms with Crippen LogP contribution in [0.25, 0.3) is 0 Å². The van der Waals surface area contributed by atoms with E-state index >= 15 is 0 Å². The third-order valence-electron chi connectivity index (χ3n) is 6.85. The minimum absolute atomic E-state index is 0.0138. The highest BCUT2D eigenvalue weighted by atomic mass is 16.7. The van der Waals surface area contributed by atoms with Gasteiger partial charge in [-0.2, -0.15) is 0 Å². The van der Waals surface area contributed by atoms with Crippen LogP contribution in [0.4, 0.5) is 0 Å². The van der Waals surface area contributed by atoms with Gasteiger partial charge in [0.05, 0.1) is 16.7 Å². The molecule has 4 rings (SSSR count). The molecule has 12 heteroatoms. The van der Waals surface area contributed by atoms with Crippen molar-refractivity contribution in [1.82, 2.24) is 0 Å². The molecule has 3 unspecified atom stereocenters. The van der Waals surface area contributed by atoms with E-state index in [1.807, 2.05) is 0 Å². The molecular weight excluding hydrogens is 600 g/mol. The number of rotatable bonds is 14. The van der Waals surface area contributed by atoms with Crippen LogP contribution >= 0.6 is 0 Å². The predicted molar refractivity (Wildman–Crippen MR) is 160 cm³/mol. The lowest BCUT2D eigenvalue weighted by molar-refractivity contribution is -0.302. The van der Waals surface area contributed by atoms with Crippen LogP contribution in [0.15, 0.2) is 91.0 Å². The van der Waals surface area contributed by atoms with Crippen LogP contribution < -0.4 is 0 Å². The number of hydrogen-bond donors (Lipinski definition) is 1. The van der Waals surface area contributed by atoms with Gasteiger partial charge in [0, 0.05) is 20.0 Å². The van der Waals surface area contributed by atoms with E-state index in [4.69, 9.17) is 33.5 Å². The van der Waals surface area contributed by atoms with Gasteiger partial charge in [0.1, 0.15) is 12.7 Å². The first-order chi connectivity index (χ1) is 22.2. The molecule has 1 saturated heterocycles. The van der Waals surface area contributed by atoms with E-state index in [2.05, 4.69) is 0 Å². The van der Waals surface area contributed by atoms with Crippen molar-refractivity contribution in [3.63, 3.8) is 0 Å². The highest BCUT2D eigenvalue weighted by Crippen LogP contribution is 2.31. The Morgan fingerprint density at radius 1 is 0.652 bits per heavy atom. The van der Waals surface area contributed by atoms with Crippen LogP contribution in [0.1, 0.15) is 57.3 Å². The Morgan fingerprint density at radius 2 is 1.15 bits per heavy atom. The fourth-order valence-corrected chi connectivity index (χ4v) is 4.67. The molecule has 0 radical (unpaired) electrons. The minimum atomic E-state index is -1.48. The van der Waals surface area contributed by atoms with Gasteiger partial charge >= 0.3 is 29.8 Å². The summed E-state index contributed by atoms with van der Waals surface area (Å²) >= 11 is 0. The van der Waals surface area contributed by atoms with Gasteiger partial charge in [-0.25, -0.2) is 14.4 Å². The Balaban J connectivity index is 1.68. The molecule has 1 aliphatic rings. The average molecular weight is 635 g/mol. The van der Waals surface area contributed by atoms with E-state index in [0.29, 0.717) is 12.8 Å². The Bertz CT molecular complexity index is 1460. The number of carbonyl (C=O) groups excluding carboxylic acids is 4. The van der Waals surface area contributed by atoms with Crippen LogP contribution in [0.2, 0.25) is 0 Å². The fraction of sp³-hybridized carbons (Fsp3) is 0.324. The molecule has 0 saturated carbocycles. The molecule has 0 aromatic heterocycles. The second kappa shape index (κ2) is 16.8. The van der Waals surface area contributed by atoms with Crippen LogP contribution in [-0.4, -0.2) is 78.9 Å². The van der Waals surface area contributed by atoms with Crippen LogP contribution in [0.3, 0.4) is 0 Å². The fourth-order valence-electron chi connectivity index (χ4n) is 4.67. The largest absolute Gasteiger partial charge is 0.481 e. The zero-order chi connectivity index (χ0) is 32.9. The molecule has 12 nitrogen and oxygen atoms in total. The quantitative estimate of drug-likeness (QED) is 0.153. The molecule has 46 heavy (non-hydrogen) atoms. The first-order valence-corrected chi connectivity index (χ1v) is 14.6. The minimum Gasteiger partial charge on any atom is -0.481 e. The summed E-state index contributed by atoms with van der Waals surface area (Å²) in [5, 5.41) is 8.97. The standard InChI is InChI=1S/C34H34O12/c1-22(35)43-30-29(46-33(40)25-17-9-4-10-18-25)28(45-32(39)24-15-7-3-8-16-24)26(21-42-31(38)23-13-5-2-6-14-23)44-34(30)41-20-12-11-19-27(36)37/h2-10,13-18,26,28-30,34H,11-12,19-21H2,1H3,(H,36,37)/t26?,28-,29?,30?,34+/m0/s1. The lowest BCUT2D eigenvalue weighted by Gasteiger charge is -2.44. The lowest BCUT2D eigenvalue weighted by atomic mass is 9.97. The molecule has 5 atom stereocenters. The monoisotopic (exact) mass is 634 g/mol. The third kappa shape index (κ3) is 9.71. The van der Waals surface area contributed by atoms with Crippen molar-refractivity contribution in [2.45, 2.75) is 56.9 Å². The summed E-state index contributed by atoms with van der Waals surface area (Å²) in [4.78, 5) is 62.8. The molecule has 1 fully saturated rings. The number of aliphatic carboxylic acids is 1. The van der Waals surface area contributed by atoms with E-state index < -0.39 is 67.2 Å². The molecule has 1 aliphatic heterocycles. The van der Waals surface area contributed by atoms with Crippen LogP contribution in [-0.2, 0) is 38.0 Å². The molecule has 0 aliphatic carbocycles. The number of carboxylic acids is 1. The number of ether oxygens (including phenoxy) is 6. The Labute approximate surface area is 265 Å². The Morgan fingerprint density at radius 3 is 1.65 bits per heavy atom. The van der Waals surface area contributed by atoms with E-state index in [0.717, 1.165) is 6.92 Å². The molecule has 1 N–H and O–H groups in total. The van der Waals surface area contributed by atoms with Crippen molar-refractivity contribution in [3.8, 4) is 0 Å². The highest BCUT2D eigenvalue weighted by Gasteiger charge is 2.53. The summed E-state index contributed by atoms with van der Waals surface area (Å²) in [6.45, 7) is 0.657. The lowest BCUT2D eigenvalue weighted by Crippen LogP contribution is -2.63. The molecule has 242 valence electrons. The molecule has 0 amide bonds. The summed E-state index contributed by atoms with van der Waals surface area (Å²) < 4.78 is 34.8. The first kappa shape index (κ1) is 33.8. The van der Waals surface area contributed by atoms with Gasteiger partial charge in [0.2, 0.25) is 0 Å². The molecule has 1 heterocycles. The third-order valence-corrected chi connectivity index (χ3v) is 6.85. The first-order valence-electron chi connectivity index (χ1n) is 14.6. The molecule has 3 aromatic rings. The molecular formula is C34H34O12. The molecule has 3 aromatic carbocycles. The van der Waals surface area contributed by atoms with Gasteiger partial charge in [-0.3, -0.25) is 9.59 Å². The number of carbonyl (C=O) groups is 5. The summed E-state index contributed by atoms with van der Waals surface area (Å²) in [5.41, 5.74) is 0.602. The van der Waals surface area contributed by atoms with Crippen LogP contribution in [0, 0.1) is 0 Å². The molecule has 0 bridgehead atoms. The Kier molecular flexibility index (Phi) is 12.4. The maximum Gasteiger partial charge on any atom is 0.338 e. The topological polar surface area (TPSA) is 161 Å². The SMILES string of the molecule is CC(=O)OC1C(OC(=O)c2ccccc2)[C@@H](OC(=O)c2ccccc2)C(COC(=O)c2ccccc2)O[C@H]1OCCCCC(=O)O. The van der Waals surface area contributed by atoms with Crippen molar-refractivity contribution >= 4 is 29.8 Å². The summed E-state index contributed by atoms with van der Waals surface area (Å²) in [5.74, 6) is -4.04. The Hall–Kier alpha value is -5.07. The normalized spacial score (nSPS) is 20.6. The van der Waals surface area contributed by atoms with Crippen molar-refractivity contribution in [2.75, 3.05) is 13.2 Å². The van der Waals surface area contributed by atoms with Crippen molar-refractivity contribution in [3.05, 3.63) is 108 Å². The number of carboxylic acid groups (broad SMARTS) is 1. The van der Waals surface area contributed by atoms with E-state index in [1.54, 1.807) is 66.7 Å². The van der Waals surface area contributed by atoms with Gasteiger partial charge < -0.3 is 33.5 Å². The van der Waals surface area contributed by atoms with E-state index in [9.17, 15) is 24.0 Å². The number of esters is 4. The zero-order valence-electron chi connectivity index (χ0n) is 25.0. The van der Waals surface area contributed by atoms with Crippen molar-refractivity contribution in [1.29, 1.82) is 0 Å². The van der Waals surface area contributed by atoms with E-state index in [-0.39, 0.29) is 29.7 Å². The zero-order valence-corrected chi connectivity index (χ0v) is 25.0. The number of benzene rings is 3. The van der Waals surface area contributed by atoms with Gasteiger partial charge in [0.15, 0.2) is 24.6 Å². The number of hydrogen-bond acceptors (Lipinski definition) is 11. The van der Waals surface area contributed by atoms with Gasteiger partial charge in [-0.05, 0) is 49.2 Å².